The molecular weight excluding hydrogens is 197 g/mol. The molecule has 0 heterocycles. The van der Waals surface area contributed by atoms with Crippen LogP contribution >= 0.6 is 15.2 Å². The highest BCUT2D eigenvalue weighted by atomic mass is 32.9. The molecule has 3 heteroatoms. The van der Waals surface area contributed by atoms with E-state index in [0.717, 1.165) is 6.42 Å². The third-order valence-corrected chi connectivity index (χ3v) is 16.5. The first-order valence-corrected chi connectivity index (χ1v) is 11.2. The van der Waals surface area contributed by atoms with E-state index in [4.69, 9.17) is 0 Å². The highest BCUT2D eigenvalue weighted by Crippen LogP contribution is 2.95. The fourth-order valence-electron chi connectivity index (χ4n) is 0.672. The third-order valence-electron chi connectivity index (χ3n) is 2.75. The van der Waals surface area contributed by atoms with Crippen molar-refractivity contribution in [1.29, 1.82) is 0 Å². The molecule has 0 spiro atoms. The van der Waals surface area contributed by atoms with Crippen molar-refractivity contribution >= 4 is 15.2 Å². The van der Waals surface area contributed by atoms with Crippen LogP contribution in [0.25, 0.3) is 0 Å². The molecule has 0 radical (unpaired) electrons. The van der Waals surface area contributed by atoms with Gasteiger partial charge in [0, 0.05) is 0 Å². The van der Waals surface area contributed by atoms with Gasteiger partial charge in [-0.2, -0.15) is 0 Å². The smallest absolute Gasteiger partial charge is 0.00826 e. The summed E-state index contributed by atoms with van der Waals surface area (Å²) in [7, 11) is 0.0402. The minimum atomic E-state index is -1.99. The van der Waals surface area contributed by atoms with Crippen LogP contribution in [0.4, 0.5) is 0 Å². The topological polar surface area (TPSA) is 12.0 Å². The van der Waals surface area contributed by atoms with Crippen LogP contribution in [-0.2, 0) is 0 Å². The summed E-state index contributed by atoms with van der Waals surface area (Å²) in [5.41, 5.74) is 0. The van der Waals surface area contributed by atoms with Crippen molar-refractivity contribution in [1.82, 2.24) is 4.72 Å². The molecular formula is C10H26NPS. The van der Waals surface area contributed by atoms with Gasteiger partial charge >= 0.3 is 0 Å². The molecule has 1 unspecified atom stereocenters. The van der Waals surface area contributed by atoms with Gasteiger partial charge in [0.1, 0.15) is 0 Å². The Kier molecular flexibility index (Phi) is 3.37. The maximum Gasteiger partial charge on any atom is -0.00826 e. The fourth-order valence-corrected chi connectivity index (χ4v) is 4.78. The second kappa shape index (κ2) is 3.25. The van der Waals surface area contributed by atoms with Crippen molar-refractivity contribution in [3.8, 4) is 0 Å². The van der Waals surface area contributed by atoms with E-state index in [1.807, 2.05) is 0 Å². The molecule has 0 aliphatic heterocycles. The Morgan fingerprint density at radius 1 is 1.23 bits per heavy atom. The highest BCUT2D eigenvalue weighted by molar-refractivity contribution is 8.97. The normalized spacial score (nSPS) is 21.2. The lowest BCUT2D eigenvalue weighted by Gasteiger charge is -2.72. The lowest BCUT2D eigenvalue weighted by molar-refractivity contribution is 1.23. The number of hydrogen-bond donors (Lipinski definition) is 1. The second-order valence-corrected chi connectivity index (χ2v) is 22.3. The van der Waals surface area contributed by atoms with E-state index in [9.17, 15) is 0 Å². The van der Waals surface area contributed by atoms with Gasteiger partial charge in [-0.25, -0.2) is 8.10 Å². The van der Waals surface area contributed by atoms with Crippen LogP contribution in [0.3, 0.4) is 0 Å². The van der Waals surface area contributed by atoms with E-state index < -0.39 is 8.10 Å². The molecule has 0 aliphatic carbocycles. The Morgan fingerprint density at radius 2 is 1.69 bits per heavy atom. The van der Waals surface area contributed by atoms with Gasteiger partial charge in [-0.15, -0.1) is 0 Å². The van der Waals surface area contributed by atoms with Gasteiger partial charge in [0.2, 0.25) is 0 Å². The Morgan fingerprint density at radius 3 is 2.00 bits per heavy atom. The summed E-state index contributed by atoms with van der Waals surface area (Å²) in [4.78, 5) is 0. The molecule has 0 amide bonds. The molecule has 1 atom stereocenters. The van der Waals surface area contributed by atoms with E-state index in [0.29, 0.717) is 0 Å². The fraction of sp³-hybridized carbons (Fsp3) is 0.800. The van der Waals surface area contributed by atoms with Gasteiger partial charge in [0.15, 0.2) is 0 Å². The van der Waals surface area contributed by atoms with Crippen LogP contribution in [0, 0.1) is 0 Å². The summed E-state index contributed by atoms with van der Waals surface area (Å²) in [6, 6.07) is 0. The first kappa shape index (κ1) is 13.5. The van der Waals surface area contributed by atoms with Gasteiger partial charge in [-0.05, 0) is 52.3 Å². The highest BCUT2D eigenvalue weighted by Gasteiger charge is 2.44. The molecule has 0 aliphatic rings. The Balaban J connectivity index is 4.92. The summed E-state index contributed by atoms with van der Waals surface area (Å²) in [5.74, 6) is 2.41. The maximum absolute atomic E-state index is 3.60. The van der Waals surface area contributed by atoms with Crippen LogP contribution in [0.1, 0.15) is 13.3 Å². The SMILES string of the molecule is CCC=CP(C)S(C)(C)(C)(C)NC. The van der Waals surface area contributed by atoms with Crippen LogP contribution in [0.2, 0.25) is 0 Å². The summed E-state index contributed by atoms with van der Waals surface area (Å²) in [5, 5.41) is 0. The number of nitrogens with one attached hydrogen (secondary N) is 1. The van der Waals surface area contributed by atoms with Crippen molar-refractivity contribution in [3.05, 3.63) is 11.9 Å². The zero-order chi connectivity index (χ0) is 10.8. The van der Waals surface area contributed by atoms with Crippen LogP contribution in [0.5, 0.6) is 0 Å². The minimum Gasteiger partial charge on any atom is -0.294 e. The van der Waals surface area contributed by atoms with E-state index >= 15 is 0 Å². The van der Waals surface area contributed by atoms with Gasteiger partial charge in [-0.3, -0.25) is 4.72 Å². The maximum atomic E-state index is 3.60. The van der Waals surface area contributed by atoms with Crippen molar-refractivity contribution in [2.45, 2.75) is 13.3 Å². The molecule has 0 fully saturated rings. The Bertz CT molecular complexity index is 212. The van der Waals surface area contributed by atoms with Gasteiger partial charge in [0.25, 0.3) is 0 Å². The van der Waals surface area contributed by atoms with Crippen molar-refractivity contribution < 1.29 is 0 Å². The average Bonchev–Trinajstić information content (AvgIpc) is 1.99. The van der Waals surface area contributed by atoms with Gasteiger partial charge in [-0.1, -0.05) is 18.8 Å². The van der Waals surface area contributed by atoms with Crippen LogP contribution in [-0.4, -0.2) is 38.7 Å². The monoisotopic (exact) mass is 223 g/mol. The molecule has 0 saturated carbocycles. The standard InChI is InChI=1S/C10H26NPS/c1-8-9-10-12(3)13(4,5,6,7)11-2/h9-11H,8H2,1-7H3. The van der Waals surface area contributed by atoms with Crippen LogP contribution in [0.15, 0.2) is 11.9 Å². The molecule has 0 rings (SSSR count). The largest absolute Gasteiger partial charge is 0.294 e. The molecule has 82 valence electrons. The molecule has 0 aromatic heterocycles. The summed E-state index contributed by atoms with van der Waals surface area (Å²) >= 11 is 0. The zero-order valence-corrected chi connectivity index (χ0v) is 11.9. The Hall–Kier alpha value is 0.480. The molecule has 0 aromatic carbocycles. The van der Waals surface area contributed by atoms with E-state index in [2.05, 4.69) is 62.3 Å². The summed E-state index contributed by atoms with van der Waals surface area (Å²) in [6.07, 6.45) is 13.1. The van der Waals surface area contributed by atoms with Crippen molar-refractivity contribution in [3.63, 3.8) is 0 Å². The van der Waals surface area contributed by atoms with Crippen LogP contribution < -0.4 is 4.72 Å². The van der Waals surface area contributed by atoms with E-state index in [1.54, 1.807) is 0 Å². The minimum absolute atomic E-state index is 0.0675. The molecule has 0 saturated heterocycles. The number of hydrogen-bond acceptors (Lipinski definition) is 1. The molecule has 1 nitrogen and oxygen atoms in total. The first-order valence-electron chi connectivity index (χ1n) is 4.67. The molecule has 0 aromatic rings. The van der Waals surface area contributed by atoms with E-state index in [1.165, 1.54) is 0 Å². The molecule has 13 heavy (non-hydrogen) atoms. The van der Waals surface area contributed by atoms with Crippen molar-refractivity contribution in [2.24, 2.45) is 0 Å². The lowest BCUT2D eigenvalue weighted by atomic mass is 10.5. The quantitative estimate of drug-likeness (QED) is 0.720. The first-order chi connectivity index (χ1) is 5.56. The third kappa shape index (κ3) is 3.61. The lowest BCUT2D eigenvalue weighted by Crippen LogP contribution is -2.40. The summed E-state index contributed by atoms with van der Waals surface area (Å²) < 4.78 is 3.60. The Labute approximate surface area is 84.3 Å². The average molecular weight is 223 g/mol. The summed E-state index contributed by atoms with van der Waals surface area (Å²) in [6.45, 7) is 4.56. The predicted octanol–water partition coefficient (Wildman–Crippen LogP) is 3.47. The van der Waals surface area contributed by atoms with E-state index in [-0.39, 0.29) is 7.12 Å². The molecule has 1 N–H and O–H groups in total. The zero-order valence-electron chi connectivity index (χ0n) is 10.2. The number of rotatable bonds is 4. The molecule has 0 bridgehead atoms. The van der Waals surface area contributed by atoms with Gasteiger partial charge in [0.05, 0.1) is 0 Å². The number of allylic oxidation sites excluding steroid dienone is 1. The van der Waals surface area contributed by atoms with Gasteiger partial charge < -0.3 is 0 Å². The predicted molar refractivity (Wildman–Crippen MR) is 72.6 cm³/mol. The van der Waals surface area contributed by atoms with Crippen molar-refractivity contribution in [2.75, 3.05) is 38.7 Å². The second-order valence-electron chi connectivity index (χ2n) is 5.63.